The molecule has 0 aromatic carbocycles. The lowest BCUT2D eigenvalue weighted by molar-refractivity contribution is -0.121. The Balaban J connectivity index is 1.28. The van der Waals surface area contributed by atoms with Crippen molar-refractivity contribution in [2.24, 2.45) is 0 Å². The summed E-state index contributed by atoms with van der Waals surface area (Å²) in [5, 5.41) is 7.57. The van der Waals surface area contributed by atoms with Crippen LogP contribution in [0.3, 0.4) is 0 Å². The molecule has 4 rings (SSSR count). The second-order valence-electron chi connectivity index (χ2n) is 8.72. The molecule has 3 aromatic rings. The van der Waals surface area contributed by atoms with E-state index < -0.39 is 0 Å². The summed E-state index contributed by atoms with van der Waals surface area (Å²) in [6, 6.07) is 3.72. The summed E-state index contributed by atoms with van der Waals surface area (Å²) in [5.41, 5.74) is 1.99. The number of carbonyl (C=O) groups is 1. The summed E-state index contributed by atoms with van der Waals surface area (Å²) in [5.74, 6) is 1.65. The normalized spacial score (nSPS) is 15.7. The van der Waals surface area contributed by atoms with E-state index in [2.05, 4.69) is 27.3 Å². The average Bonchev–Trinajstić information content (AvgIpc) is 3.30. The van der Waals surface area contributed by atoms with E-state index in [1.807, 2.05) is 24.3 Å². The first kappa shape index (κ1) is 22.5. The number of aromatic nitrogens is 3. The van der Waals surface area contributed by atoms with Crippen LogP contribution in [0.25, 0.3) is 16.6 Å². The molecule has 1 fully saturated rings. The lowest BCUT2D eigenvalue weighted by atomic mass is 10.2. The van der Waals surface area contributed by atoms with Crippen LogP contribution in [0.1, 0.15) is 37.8 Å². The van der Waals surface area contributed by atoms with Gasteiger partial charge in [-0.05, 0) is 33.4 Å². The second-order valence-corrected chi connectivity index (χ2v) is 8.72. The lowest BCUT2D eigenvalue weighted by Gasteiger charge is -2.32. The highest BCUT2D eigenvalue weighted by Gasteiger charge is 2.16. The molecule has 3 aromatic heterocycles. The van der Waals surface area contributed by atoms with Gasteiger partial charge in [0.15, 0.2) is 5.58 Å². The summed E-state index contributed by atoms with van der Waals surface area (Å²) in [6.45, 7) is 10.5. The smallest absolute Gasteiger partial charge is 0.291 e. The molecule has 0 atom stereocenters. The Morgan fingerprint density at radius 2 is 1.91 bits per heavy atom. The summed E-state index contributed by atoms with van der Waals surface area (Å²) >= 11 is 0. The van der Waals surface area contributed by atoms with Crippen LogP contribution in [-0.4, -0.2) is 76.2 Å². The van der Waals surface area contributed by atoms with E-state index in [0.717, 1.165) is 56.2 Å². The van der Waals surface area contributed by atoms with E-state index in [9.17, 15) is 9.59 Å². The number of furan rings is 1. The van der Waals surface area contributed by atoms with Gasteiger partial charge in [0.2, 0.25) is 5.91 Å². The molecule has 0 aliphatic carbocycles. The molecule has 0 unspecified atom stereocenters. The van der Waals surface area contributed by atoms with E-state index in [4.69, 9.17) is 4.42 Å². The first-order valence-corrected chi connectivity index (χ1v) is 11.7. The molecule has 0 radical (unpaired) electrons. The van der Waals surface area contributed by atoms with E-state index in [-0.39, 0.29) is 11.5 Å². The van der Waals surface area contributed by atoms with Crippen molar-refractivity contribution in [2.75, 3.05) is 46.3 Å². The molecule has 1 saturated heterocycles. The molecule has 174 valence electrons. The SMILES string of the molecule is CCc1nn(CCCC(=O)NCCCN2CCN(C)CC2)c(=O)c2cc3oc(C)cc3n12. The van der Waals surface area contributed by atoms with E-state index in [0.29, 0.717) is 43.5 Å². The third-order valence-corrected chi connectivity index (χ3v) is 6.22. The largest absolute Gasteiger partial charge is 0.460 e. The molecular weight excluding hydrogens is 408 g/mol. The maximum atomic E-state index is 12.9. The lowest BCUT2D eigenvalue weighted by Crippen LogP contribution is -2.45. The third-order valence-electron chi connectivity index (χ3n) is 6.22. The fourth-order valence-electron chi connectivity index (χ4n) is 4.37. The minimum atomic E-state index is -0.154. The number of hydrogen-bond acceptors (Lipinski definition) is 6. The highest BCUT2D eigenvalue weighted by molar-refractivity contribution is 5.83. The minimum Gasteiger partial charge on any atom is -0.460 e. The topological polar surface area (TPSA) is 88.0 Å². The van der Waals surface area contributed by atoms with Crippen molar-refractivity contribution < 1.29 is 9.21 Å². The third kappa shape index (κ3) is 4.88. The first-order chi connectivity index (χ1) is 15.5. The van der Waals surface area contributed by atoms with Crippen molar-refractivity contribution in [1.82, 2.24) is 29.3 Å². The number of carbonyl (C=O) groups excluding carboxylic acids is 1. The van der Waals surface area contributed by atoms with Gasteiger partial charge in [0.1, 0.15) is 17.1 Å². The number of fused-ring (bicyclic) bond motifs is 3. The molecule has 9 nitrogen and oxygen atoms in total. The van der Waals surface area contributed by atoms with E-state index >= 15 is 0 Å². The van der Waals surface area contributed by atoms with Gasteiger partial charge in [0, 0.05) is 64.2 Å². The molecule has 9 heteroatoms. The van der Waals surface area contributed by atoms with E-state index in [1.54, 1.807) is 6.07 Å². The minimum absolute atomic E-state index is 0.0314. The number of piperazine rings is 1. The molecule has 0 bridgehead atoms. The van der Waals surface area contributed by atoms with Gasteiger partial charge in [-0.15, -0.1) is 0 Å². The van der Waals surface area contributed by atoms with Gasteiger partial charge in [-0.2, -0.15) is 5.10 Å². The molecule has 1 N–H and O–H groups in total. The monoisotopic (exact) mass is 442 g/mol. The quantitative estimate of drug-likeness (QED) is 0.507. The number of aryl methyl sites for hydroxylation is 3. The number of amides is 1. The van der Waals surface area contributed by atoms with Crippen molar-refractivity contribution in [3.8, 4) is 0 Å². The molecule has 0 saturated carbocycles. The highest BCUT2D eigenvalue weighted by atomic mass is 16.3. The van der Waals surface area contributed by atoms with Gasteiger partial charge in [-0.3, -0.25) is 14.0 Å². The Hall–Kier alpha value is -2.65. The molecule has 0 spiro atoms. The Morgan fingerprint density at radius 1 is 1.12 bits per heavy atom. The Labute approximate surface area is 188 Å². The Morgan fingerprint density at radius 3 is 2.66 bits per heavy atom. The van der Waals surface area contributed by atoms with Crippen LogP contribution in [0.5, 0.6) is 0 Å². The van der Waals surface area contributed by atoms with Gasteiger partial charge in [0.25, 0.3) is 5.56 Å². The number of nitrogens with zero attached hydrogens (tertiary/aromatic N) is 5. The van der Waals surface area contributed by atoms with Crippen LogP contribution in [-0.2, 0) is 17.8 Å². The van der Waals surface area contributed by atoms with Crippen molar-refractivity contribution in [1.29, 1.82) is 0 Å². The van der Waals surface area contributed by atoms with Gasteiger partial charge >= 0.3 is 0 Å². The number of hydrogen-bond donors (Lipinski definition) is 1. The number of rotatable bonds is 9. The highest BCUT2D eigenvalue weighted by Crippen LogP contribution is 2.23. The number of likely N-dealkylation sites (N-methyl/N-ethyl adjacent to an activating group) is 1. The zero-order valence-electron chi connectivity index (χ0n) is 19.4. The molecule has 4 heterocycles. The maximum absolute atomic E-state index is 12.9. The zero-order chi connectivity index (χ0) is 22.7. The summed E-state index contributed by atoms with van der Waals surface area (Å²) in [4.78, 5) is 29.9. The first-order valence-electron chi connectivity index (χ1n) is 11.7. The summed E-state index contributed by atoms with van der Waals surface area (Å²) < 4.78 is 9.07. The second kappa shape index (κ2) is 9.87. The van der Waals surface area contributed by atoms with Crippen LogP contribution in [0, 0.1) is 6.92 Å². The molecule has 1 amide bonds. The van der Waals surface area contributed by atoms with Crippen LogP contribution in [0.2, 0.25) is 0 Å². The van der Waals surface area contributed by atoms with Crippen molar-refractivity contribution in [2.45, 2.75) is 46.1 Å². The van der Waals surface area contributed by atoms with Crippen molar-refractivity contribution in [3.63, 3.8) is 0 Å². The summed E-state index contributed by atoms with van der Waals surface area (Å²) in [6.07, 6.45) is 2.62. The van der Waals surface area contributed by atoms with Gasteiger partial charge < -0.3 is 19.5 Å². The Kier molecular flexibility index (Phi) is 6.95. The fraction of sp³-hybridized carbons (Fsp3) is 0.609. The van der Waals surface area contributed by atoms with Crippen molar-refractivity contribution in [3.05, 3.63) is 34.1 Å². The van der Waals surface area contributed by atoms with Gasteiger partial charge in [0.05, 0.1) is 5.52 Å². The molecule has 32 heavy (non-hydrogen) atoms. The van der Waals surface area contributed by atoms with Crippen LogP contribution in [0.15, 0.2) is 21.3 Å². The fourth-order valence-corrected chi connectivity index (χ4v) is 4.37. The van der Waals surface area contributed by atoms with Crippen LogP contribution < -0.4 is 10.9 Å². The predicted octanol–water partition coefficient (Wildman–Crippen LogP) is 1.65. The molecular formula is C23H34N6O3. The zero-order valence-corrected chi connectivity index (χ0v) is 19.4. The van der Waals surface area contributed by atoms with E-state index in [1.165, 1.54) is 4.68 Å². The van der Waals surface area contributed by atoms with Crippen LogP contribution in [0.4, 0.5) is 0 Å². The van der Waals surface area contributed by atoms with Gasteiger partial charge in [-0.1, -0.05) is 6.92 Å². The van der Waals surface area contributed by atoms with Crippen molar-refractivity contribution >= 4 is 22.5 Å². The summed E-state index contributed by atoms with van der Waals surface area (Å²) in [7, 11) is 2.15. The van der Waals surface area contributed by atoms with Gasteiger partial charge in [-0.25, -0.2) is 4.68 Å². The maximum Gasteiger partial charge on any atom is 0.291 e. The standard InChI is InChI=1S/C23H34N6O3/c1-4-21-25-28(23(31)19-16-20-18(29(19)21)15-17(2)32-20)10-5-7-22(30)24-8-6-9-27-13-11-26(3)12-14-27/h15-16H,4-14H2,1-3H3,(H,24,30). The average molecular weight is 443 g/mol. The van der Waals surface area contributed by atoms with Crippen LogP contribution >= 0.6 is 0 Å². The number of nitrogens with one attached hydrogen (secondary N) is 1. The molecule has 1 aliphatic rings. The molecule has 1 aliphatic heterocycles. The predicted molar refractivity (Wildman–Crippen MR) is 124 cm³/mol. The Bertz CT molecular complexity index is 1140.